The van der Waals surface area contributed by atoms with Gasteiger partial charge in [-0.05, 0) is 17.5 Å². The Kier molecular flexibility index (Phi) is 2.48. The molecule has 0 bridgehead atoms. The Morgan fingerprint density at radius 3 is 2.50 bits per heavy atom. The van der Waals surface area contributed by atoms with E-state index in [0.29, 0.717) is 11.6 Å². The highest BCUT2D eigenvalue weighted by Gasteiger charge is 2.06. The molecule has 0 atom stereocenters. The molecular formula is C10H14N2. The van der Waals surface area contributed by atoms with E-state index in [1.54, 1.807) is 0 Å². The fraction of sp³-hybridized carbons (Fsp3) is 0.300. The molecule has 0 saturated heterocycles. The largest absolute Gasteiger partial charge is 0.398 e. The zero-order valence-corrected chi connectivity index (χ0v) is 7.46. The van der Waals surface area contributed by atoms with Gasteiger partial charge in [-0.1, -0.05) is 26.0 Å². The molecule has 0 aliphatic carbocycles. The molecule has 1 aromatic carbocycles. The summed E-state index contributed by atoms with van der Waals surface area (Å²) in [6, 6.07) is 5.77. The third kappa shape index (κ3) is 1.47. The quantitative estimate of drug-likeness (QED) is 0.509. The number of rotatable bonds is 2. The molecule has 12 heavy (non-hydrogen) atoms. The van der Waals surface area contributed by atoms with Gasteiger partial charge in [0, 0.05) is 17.5 Å². The number of hydrogen-bond donors (Lipinski definition) is 2. The van der Waals surface area contributed by atoms with Crippen LogP contribution in [0.1, 0.15) is 30.9 Å². The standard InChI is InChI=1S/C10H14N2/c1-7(2)8-4-3-5-10(12)9(8)6-11/h3-7,11H,12H2,1-2H3. The van der Waals surface area contributed by atoms with Crippen molar-refractivity contribution in [3.63, 3.8) is 0 Å². The minimum atomic E-state index is 0.421. The number of nitrogens with one attached hydrogen (secondary N) is 1. The number of anilines is 1. The van der Waals surface area contributed by atoms with Crippen LogP contribution in [0.2, 0.25) is 0 Å². The highest BCUT2D eigenvalue weighted by atomic mass is 14.6. The Balaban J connectivity index is 3.27. The van der Waals surface area contributed by atoms with E-state index in [1.807, 2.05) is 18.2 Å². The molecule has 64 valence electrons. The van der Waals surface area contributed by atoms with Gasteiger partial charge in [-0.2, -0.15) is 0 Å². The van der Waals surface area contributed by atoms with Gasteiger partial charge in [0.2, 0.25) is 0 Å². The fourth-order valence-corrected chi connectivity index (χ4v) is 1.27. The maximum atomic E-state index is 7.21. The van der Waals surface area contributed by atoms with Gasteiger partial charge in [0.15, 0.2) is 0 Å². The molecule has 0 aliphatic heterocycles. The van der Waals surface area contributed by atoms with Crippen LogP contribution in [0.4, 0.5) is 5.69 Å². The van der Waals surface area contributed by atoms with Crippen molar-refractivity contribution in [2.75, 3.05) is 5.73 Å². The molecule has 0 amide bonds. The van der Waals surface area contributed by atoms with Crippen molar-refractivity contribution in [3.05, 3.63) is 29.3 Å². The van der Waals surface area contributed by atoms with E-state index in [4.69, 9.17) is 11.1 Å². The van der Waals surface area contributed by atoms with E-state index in [0.717, 1.165) is 11.1 Å². The first-order valence-corrected chi connectivity index (χ1v) is 4.05. The Morgan fingerprint density at radius 1 is 1.42 bits per heavy atom. The van der Waals surface area contributed by atoms with Crippen molar-refractivity contribution in [2.24, 2.45) is 0 Å². The van der Waals surface area contributed by atoms with Gasteiger partial charge in [0.05, 0.1) is 0 Å². The van der Waals surface area contributed by atoms with Crippen LogP contribution in [0, 0.1) is 5.41 Å². The molecule has 1 rings (SSSR count). The summed E-state index contributed by atoms with van der Waals surface area (Å²) >= 11 is 0. The predicted molar refractivity (Wildman–Crippen MR) is 52.8 cm³/mol. The fourth-order valence-electron chi connectivity index (χ4n) is 1.27. The molecule has 0 radical (unpaired) electrons. The summed E-state index contributed by atoms with van der Waals surface area (Å²) < 4.78 is 0. The summed E-state index contributed by atoms with van der Waals surface area (Å²) in [6.45, 7) is 4.20. The third-order valence-electron chi connectivity index (χ3n) is 1.94. The van der Waals surface area contributed by atoms with Crippen LogP contribution < -0.4 is 5.73 Å². The highest BCUT2D eigenvalue weighted by Crippen LogP contribution is 2.22. The van der Waals surface area contributed by atoms with Crippen LogP contribution in [0.3, 0.4) is 0 Å². The van der Waals surface area contributed by atoms with Crippen LogP contribution >= 0.6 is 0 Å². The van der Waals surface area contributed by atoms with Gasteiger partial charge < -0.3 is 11.1 Å². The summed E-state index contributed by atoms with van der Waals surface area (Å²) in [5.41, 5.74) is 8.41. The van der Waals surface area contributed by atoms with Crippen LogP contribution in [-0.4, -0.2) is 6.21 Å². The second-order valence-electron chi connectivity index (χ2n) is 3.15. The van der Waals surface area contributed by atoms with E-state index in [1.165, 1.54) is 6.21 Å². The average Bonchev–Trinajstić information content (AvgIpc) is 2.03. The van der Waals surface area contributed by atoms with Crippen molar-refractivity contribution in [3.8, 4) is 0 Å². The number of hydrogen-bond acceptors (Lipinski definition) is 2. The van der Waals surface area contributed by atoms with E-state index >= 15 is 0 Å². The van der Waals surface area contributed by atoms with Crippen LogP contribution in [0.25, 0.3) is 0 Å². The molecule has 0 unspecified atom stereocenters. The topological polar surface area (TPSA) is 49.9 Å². The van der Waals surface area contributed by atoms with Gasteiger partial charge in [-0.25, -0.2) is 0 Å². The number of benzene rings is 1. The second kappa shape index (κ2) is 3.39. The van der Waals surface area contributed by atoms with Crippen LogP contribution in [0.5, 0.6) is 0 Å². The highest BCUT2D eigenvalue weighted by molar-refractivity contribution is 5.87. The molecule has 0 saturated carbocycles. The molecule has 1 aromatic rings. The van der Waals surface area contributed by atoms with Gasteiger partial charge in [-0.3, -0.25) is 0 Å². The van der Waals surface area contributed by atoms with Crippen molar-refractivity contribution < 1.29 is 0 Å². The SMILES string of the molecule is CC(C)c1cccc(N)c1C=N. The molecule has 0 heterocycles. The van der Waals surface area contributed by atoms with Crippen molar-refractivity contribution in [1.82, 2.24) is 0 Å². The molecule has 2 heteroatoms. The molecule has 0 aromatic heterocycles. The van der Waals surface area contributed by atoms with Crippen molar-refractivity contribution in [1.29, 1.82) is 5.41 Å². The lowest BCUT2D eigenvalue weighted by Gasteiger charge is -2.10. The van der Waals surface area contributed by atoms with Gasteiger partial charge in [-0.15, -0.1) is 0 Å². The zero-order valence-electron chi connectivity index (χ0n) is 7.46. The molecule has 0 aliphatic rings. The maximum absolute atomic E-state index is 7.21. The first kappa shape index (κ1) is 8.78. The lowest BCUT2D eigenvalue weighted by molar-refractivity contribution is 0.865. The van der Waals surface area contributed by atoms with Gasteiger partial charge in [0.25, 0.3) is 0 Å². The lowest BCUT2D eigenvalue weighted by Crippen LogP contribution is -1.99. The van der Waals surface area contributed by atoms with E-state index < -0.39 is 0 Å². The van der Waals surface area contributed by atoms with E-state index in [-0.39, 0.29) is 0 Å². The normalized spacial score (nSPS) is 10.2. The Bertz CT molecular complexity index is 290. The molecule has 0 fully saturated rings. The number of nitrogen functional groups attached to an aromatic ring is 1. The molecule has 3 N–H and O–H groups in total. The van der Waals surface area contributed by atoms with E-state index in [2.05, 4.69) is 13.8 Å². The summed E-state index contributed by atoms with van der Waals surface area (Å²) in [6.07, 6.45) is 1.32. The van der Waals surface area contributed by atoms with E-state index in [9.17, 15) is 0 Å². The summed E-state index contributed by atoms with van der Waals surface area (Å²) in [4.78, 5) is 0. The summed E-state index contributed by atoms with van der Waals surface area (Å²) in [7, 11) is 0. The first-order valence-electron chi connectivity index (χ1n) is 4.05. The van der Waals surface area contributed by atoms with Crippen molar-refractivity contribution in [2.45, 2.75) is 19.8 Å². The van der Waals surface area contributed by atoms with Crippen LogP contribution in [0.15, 0.2) is 18.2 Å². The third-order valence-corrected chi connectivity index (χ3v) is 1.94. The van der Waals surface area contributed by atoms with Crippen molar-refractivity contribution >= 4 is 11.9 Å². The maximum Gasteiger partial charge on any atom is 0.0405 e. The minimum absolute atomic E-state index is 0.421. The smallest absolute Gasteiger partial charge is 0.0405 e. The molecule has 0 spiro atoms. The predicted octanol–water partition coefficient (Wildman–Crippen LogP) is 2.39. The molecular weight excluding hydrogens is 148 g/mol. The summed E-state index contributed by atoms with van der Waals surface area (Å²) in [5.74, 6) is 0.421. The Hall–Kier alpha value is -1.31. The summed E-state index contributed by atoms with van der Waals surface area (Å²) in [5, 5.41) is 7.21. The lowest BCUT2D eigenvalue weighted by atomic mass is 9.97. The average molecular weight is 162 g/mol. The van der Waals surface area contributed by atoms with Gasteiger partial charge in [0.1, 0.15) is 0 Å². The first-order chi connectivity index (χ1) is 5.66. The minimum Gasteiger partial charge on any atom is -0.398 e. The second-order valence-corrected chi connectivity index (χ2v) is 3.15. The van der Waals surface area contributed by atoms with Crippen LogP contribution in [-0.2, 0) is 0 Å². The Morgan fingerprint density at radius 2 is 2.08 bits per heavy atom. The Labute approximate surface area is 72.9 Å². The zero-order chi connectivity index (χ0) is 9.14. The monoisotopic (exact) mass is 162 g/mol. The van der Waals surface area contributed by atoms with Gasteiger partial charge >= 0.3 is 0 Å². The number of nitrogens with two attached hydrogens (primary N) is 1. The molecule has 2 nitrogen and oxygen atoms in total.